The number of fused-ring (bicyclic) bond motifs is 1. The van der Waals surface area contributed by atoms with Gasteiger partial charge in [-0.05, 0) is 65.9 Å². The van der Waals surface area contributed by atoms with E-state index in [9.17, 15) is 14.7 Å². The number of aryl methyl sites for hydroxylation is 1. The number of rotatable bonds is 9. The molecule has 0 aromatic heterocycles. The van der Waals surface area contributed by atoms with E-state index in [1.165, 1.54) is 4.90 Å². The number of aliphatic carboxylic acids is 1. The second-order valence-electron chi connectivity index (χ2n) is 9.37. The molecule has 1 aliphatic heterocycles. The second kappa shape index (κ2) is 11.1. The van der Waals surface area contributed by atoms with Crippen molar-refractivity contribution >= 4 is 46.7 Å². The van der Waals surface area contributed by atoms with Gasteiger partial charge in [-0.2, -0.15) is 0 Å². The fourth-order valence-electron chi connectivity index (χ4n) is 4.53. The lowest BCUT2D eigenvalue weighted by atomic mass is 9.91. The van der Waals surface area contributed by atoms with Crippen molar-refractivity contribution in [1.82, 2.24) is 4.90 Å². The summed E-state index contributed by atoms with van der Waals surface area (Å²) in [5, 5.41) is 10.8. The molecule has 0 fully saturated rings. The highest BCUT2D eigenvalue weighted by molar-refractivity contribution is 6.42. The normalized spacial score (nSPS) is 16.3. The summed E-state index contributed by atoms with van der Waals surface area (Å²) in [5.41, 5.74) is 3.62. The number of carboxylic acids is 1. The summed E-state index contributed by atoms with van der Waals surface area (Å²) in [6.45, 7) is 1.85. The summed E-state index contributed by atoms with van der Waals surface area (Å²) in [4.78, 5) is 25.6. The lowest BCUT2D eigenvalue weighted by molar-refractivity contribution is -0.144. The first kappa shape index (κ1) is 26.3. The Kier molecular flexibility index (Phi) is 8.13. The second-order valence-corrected chi connectivity index (χ2v) is 10.6. The summed E-state index contributed by atoms with van der Waals surface area (Å²) in [6.07, 6.45) is 2.20. The Bertz CT molecular complexity index is 1280. The SMILES string of the molecule is CC1(Cc2ccc(Cl)cc2)Cc2cc(CCC(=O)N(CC(=O)O)Cc3ccc(Cl)c(Cl)c3)ccc2O1. The minimum Gasteiger partial charge on any atom is -0.487 e. The zero-order valence-corrected chi connectivity index (χ0v) is 22.0. The van der Waals surface area contributed by atoms with Gasteiger partial charge in [-0.3, -0.25) is 9.59 Å². The van der Waals surface area contributed by atoms with Crippen LogP contribution in [0, 0.1) is 0 Å². The Morgan fingerprint density at radius 2 is 1.64 bits per heavy atom. The molecule has 8 heteroatoms. The standard InChI is InChI=1S/C28H26Cl3NO4/c1-28(14-19-2-7-22(29)8-3-19)15-21-12-18(5-10-25(21)36-28)6-11-26(33)32(17-27(34)35)16-20-4-9-23(30)24(31)13-20/h2-5,7-10,12-13H,6,11,14-17H2,1H3,(H,34,35). The number of halogens is 3. The highest BCUT2D eigenvalue weighted by Gasteiger charge is 2.35. The van der Waals surface area contributed by atoms with Gasteiger partial charge in [0, 0.05) is 30.8 Å². The van der Waals surface area contributed by atoms with Gasteiger partial charge in [0.1, 0.15) is 17.9 Å². The molecule has 3 aromatic carbocycles. The molecule has 0 saturated heterocycles. The molecule has 1 amide bonds. The molecule has 36 heavy (non-hydrogen) atoms. The molecule has 4 rings (SSSR count). The molecule has 0 saturated carbocycles. The number of carbonyl (C=O) groups excluding carboxylic acids is 1. The molecule has 3 aromatic rings. The van der Waals surface area contributed by atoms with E-state index in [1.54, 1.807) is 18.2 Å². The van der Waals surface area contributed by atoms with Crippen LogP contribution in [0.1, 0.15) is 35.6 Å². The van der Waals surface area contributed by atoms with Gasteiger partial charge in [-0.25, -0.2) is 0 Å². The van der Waals surface area contributed by atoms with Crippen LogP contribution in [0.4, 0.5) is 0 Å². The maximum Gasteiger partial charge on any atom is 0.323 e. The largest absolute Gasteiger partial charge is 0.487 e. The van der Waals surface area contributed by atoms with Crippen LogP contribution in [0.3, 0.4) is 0 Å². The predicted molar refractivity (Wildman–Crippen MR) is 142 cm³/mol. The first-order valence-corrected chi connectivity index (χ1v) is 12.7. The quantitative estimate of drug-likeness (QED) is 0.327. The summed E-state index contributed by atoms with van der Waals surface area (Å²) in [7, 11) is 0. The van der Waals surface area contributed by atoms with Crippen LogP contribution in [-0.4, -0.2) is 34.0 Å². The van der Waals surface area contributed by atoms with Crippen molar-refractivity contribution in [3.8, 4) is 5.75 Å². The topological polar surface area (TPSA) is 66.8 Å². The van der Waals surface area contributed by atoms with Crippen LogP contribution in [0.2, 0.25) is 15.1 Å². The van der Waals surface area contributed by atoms with Crippen LogP contribution >= 0.6 is 34.8 Å². The number of carboxylic acid groups (broad SMARTS) is 1. The number of amides is 1. The maximum absolute atomic E-state index is 12.9. The van der Waals surface area contributed by atoms with Crippen molar-refractivity contribution < 1.29 is 19.4 Å². The third-order valence-electron chi connectivity index (χ3n) is 6.20. The maximum atomic E-state index is 12.9. The average molecular weight is 547 g/mol. The predicted octanol–water partition coefficient (Wildman–Crippen LogP) is 6.63. The smallest absolute Gasteiger partial charge is 0.323 e. The van der Waals surface area contributed by atoms with Crippen molar-refractivity contribution in [2.24, 2.45) is 0 Å². The van der Waals surface area contributed by atoms with E-state index in [0.29, 0.717) is 27.1 Å². The van der Waals surface area contributed by atoms with E-state index in [2.05, 4.69) is 13.0 Å². The molecule has 1 atom stereocenters. The monoisotopic (exact) mass is 545 g/mol. The van der Waals surface area contributed by atoms with Crippen molar-refractivity contribution in [3.05, 3.63) is 98.0 Å². The van der Waals surface area contributed by atoms with Crippen molar-refractivity contribution in [1.29, 1.82) is 0 Å². The van der Waals surface area contributed by atoms with Crippen LogP contribution < -0.4 is 4.74 Å². The Labute approximate surface area is 225 Å². The molecule has 1 heterocycles. The number of carbonyl (C=O) groups is 2. The van der Waals surface area contributed by atoms with E-state index in [0.717, 1.165) is 35.3 Å². The molecule has 1 aliphatic rings. The molecule has 0 aliphatic carbocycles. The number of hydrogen-bond acceptors (Lipinski definition) is 3. The van der Waals surface area contributed by atoms with Gasteiger partial charge in [0.2, 0.25) is 5.91 Å². The van der Waals surface area contributed by atoms with Crippen LogP contribution in [0.25, 0.3) is 0 Å². The average Bonchev–Trinajstić information content (AvgIpc) is 3.15. The third-order valence-corrected chi connectivity index (χ3v) is 7.19. The van der Waals surface area contributed by atoms with Gasteiger partial charge in [0.05, 0.1) is 10.0 Å². The molecule has 5 nitrogen and oxygen atoms in total. The number of ether oxygens (including phenoxy) is 1. The minimum atomic E-state index is -1.07. The first-order chi connectivity index (χ1) is 17.1. The van der Waals surface area contributed by atoms with Gasteiger partial charge in [-0.15, -0.1) is 0 Å². The lowest BCUT2D eigenvalue weighted by Crippen LogP contribution is -2.35. The molecule has 188 valence electrons. The molecule has 1 N–H and O–H groups in total. The van der Waals surface area contributed by atoms with Gasteiger partial charge >= 0.3 is 5.97 Å². The molecule has 0 radical (unpaired) electrons. The Morgan fingerprint density at radius 3 is 2.33 bits per heavy atom. The van der Waals surface area contributed by atoms with Crippen molar-refractivity contribution in [2.75, 3.05) is 6.54 Å². The fraction of sp³-hybridized carbons (Fsp3) is 0.286. The Morgan fingerprint density at radius 1 is 0.944 bits per heavy atom. The highest BCUT2D eigenvalue weighted by atomic mass is 35.5. The zero-order chi connectivity index (χ0) is 25.9. The summed E-state index contributed by atoms with van der Waals surface area (Å²) >= 11 is 18.0. The summed E-state index contributed by atoms with van der Waals surface area (Å²) in [6, 6.07) is 18.8. The van der Waals surface area contributed by atoms with Crippen LogP contribution in [-0.2, 0) is 35.4 Å². The molecular formula is C28H26Cl3NO4. The minimum absolute atomic E-state index is 0.142. The number of hydrogen-bond donors (Lipinski definition) is 1. The number of benzene rings is 3. The molecule has 1 unspecified atom stereocenters. The van der Waals surface area contributed by atoms with E-state index in [-0.39, 0.29) is 31.0 Å². The van der Waals surface area contributed by atoms with Crippen molar-refractivity contribution in [3.63, 3.8) is 0 Å². The fourth-order valence-corrected chi connectivity index (χ4v) is 4.97. The molecular weight excluding hydrogens is 521 g/mol. The lowest BCUT2D eigenvalue weighted by Gasteiger charge is -2.24. The van der Waals surface area contributed by atoms with Gasteiger partial charge in [-0.1, -0.05) is 65.1 Å². The summed E-state index contributed by atoms with van der Waals surface area (Å²) in [5.74, 6) is -0.459. The van der Waals surface area contributed by atoms with Crippen LogP contribution in [0.5, 0.6) is 5.75 Å². The van der Waals surface area contributed by atoms with E-state index in [1.807, 2.05) is 36.4 Å². The van der Waals surface area contributed by atoms with Gasteiger partial charge < -0.3 is 14.7 Å². The zero-order valence-electron chi connectivity index (χ0n) is 19.8. The van der Waals surface area contributed by atoms with E-state index < -0.39 is 5.97 Å². The van der Waals surface area contributed by atoms with Crippen molar-refractivity contribution in [2.45, 2.75) is 44.8 Å². The number of nitrogens with zero attached hydrogens (tertiary/aromatic N) is 1. The molecule has 0 bridgehead atoms. The Hall–Kier alpha value is -2.73. The van der Waals surface area contributed by atoms with Gasteiger partial charge in [0.25, 0.3) is 0 Å². The van der Waals surface area contributed by atoms with Crippen LogP contribution in [0.15, 0.2) is 60.7 Å². The Balaban J connectivity index is 1.39. The molecule has 0 spiro atoms. The third kappa shape index (κ3) is 6.73. The first-order valence-electron chi connectivity index (χ1n) is 11.6. The van der Waals surface area contributed by atoms with Gasteiger partial charge in [0.15, 0.2) is 0 Å². The highest BCUT2D eigenvalue weighted by Crippen LogP contribution is 2.37. The van der Waals surface area contributed by atoms with E-state index >= 15 is 0 Å². The van der Waals surface area contributed by atoms with E-state index in [4.69, 9.17) is 39.5 Å². The summed E-state index contributed by atoms with van der Waals surface area (Å²) < 4.78 is 6.28.